The van der Waals surface area contributed by atoms with Gasteiger partial charge in [0.25, 0.3) is 13.4 Å². The van der Waals surface area contributed by atoms with Gasteiger partial charge in [-0.05, 0) is 166 Å². The van der Waals surface area contributed by atoms with Crippen molar-refractivity contribution in [3.63, 3.8) is 0 Å². The maximum absolute atomic E-state index is 7.46. The van der Waals surface area contributed by atoms with Crippen LogP contribution in [0.2, 0.25) is 0 Å². The molecule has 100 heavy (non-hydrogen) atoms. The molecule has 15 aromatic carbocycles. The Kier molecular flexibility index (Phi) is 12.9. The minimum atomic E-state index is -0.242. The SMILES string of the molecule is c1ccc(-c2ccccc2N2c3cc4c(cc3B3c5ccccc5N(c5cccc6sc7ccccc7c56)c5cc(N(c6ccccc6)c6ccccc6)cc2c53)B2c3ccccc3Oc3cc(N(c5ccccc5)c5ccccc5)cc(c32)N4c2cccc3sc4ccccc4c23)cc1. The number of nitrogens with zero attached hydrogens (tertiary/aromatic N) is 5. The fourth-order valence-corrected chi connectivity index (χ4v) is 19.0. The van der Waals surface area contributed by atoms with Gasteiger partial charge in [0.15, 0.2) is 0 Å². The topological polar surface area (TPSA) is 25.4 Å². The van der Waals surface area contributed by atoms with Crippen molar-refractivity contribution < 1.29 is 4.74 Å². The molecule has 0 radical (unpaired) electrons. The van der Waals surface area contributed by atoms with Gasteiger partial charge in [-0.2, -0.15) is 0 Å². The van der Waals surface area contributed by atoms with Crippen LogP contribution in [-0.2, 0) is 0 Å². The number of ether oxygens (including phenoxy) is 1. The highest BCUT2D eigenvalue weighted by Crippen LogP contribution is 2.55. The van der Waals surface area contributed by atoms with Crippen molar-refractivity contribution in [2.45, 2.75) is 0 Å². The lowest BCUT2D eigenvalue weighted by molar-refractivity contribution is 0.487. The minimum Gasteiger partial charge on any atom is -0.458 e. The summed E-state index contributed by atoms with van der Waals surface area (Å²) in [6, 6.07) is 128. The predicted octanol–water partition coefficient (Wildman–Crippen LogP) is 21.5. The van der Waals surface area contributed by atoms with E-state index in [1.165, 1.54) is 62.2 Å². The van der Waals surface area contributed by atoms with Gasteiger partial charge < -0.3 is 29.2 Å². The summed E-state index contributed by atoms with van der Waals surface area (Å²) in [5, 5.41) is 4.94. The molecular formula is C90H57B2N5OS2. The molecular weight excluding hydrogens is 1250 g/mol. The minimum absolute atomic E-state index is 0.237. The van der Waals surface area contributed by atoms with Gasteiger partial charge in [-0.15, -0.1) is 22.7 Å². The van der Waals surface area contributed by atoms with Gasteiger partial charge in [0.1, 0.15) is 11.5 Å². The summed E-state index contributed by atoms with van der Waals surface area (Å²) >= 11 is 3.72. The third kappa shape index (κ3) is 8.64. The highest BCUT2D eigenvalue weighted by molar-refractivity contribution is 7.26. The Balaban J connectivity index is 0.920. The van der Waals surface area contributed by atoms with E-state index in [1.807, 2.05) is 22.7 Å². The van der Waals surface area contributed by atoms with Gasteiger partial charge in [0.2, 0.25) is 0 Å². The molecule has 0 fully saturated rings. The zero-order valence-corrected chi connectivity index (χ0v) is 55.7. The normalized spacial score (nSPS) is 13.0. The molecule has 0 spiro atoms. The molecule has 0 saturated heterocycles. The molecule has 466 valence electrons. The maximum Gasteiger partial charge on any atom is 0.256 e. The molecule has 0 amide bonds. The van der Waals surface area contributed by atoms with Gasteiger partial charge in [-0.25, -0.2) is 0 Å². The van der Waals surface area contributed by atoms with Crippen LogP contribution in [0.25, 0.3) is 51.5 Å². The van der Waals surface area contributed by atoms with Crippen LogP contribution in [0.4, 0.5) is 85.3 Å². The highest BCUT2D eigenvalue weighted by Gasteiger charge is 2.49. The molecule has 10 heteroatoms. The Labute approximate surface area is 588 Å². The first-order valence-electron chi connectivity index (χ1n) is 34.2. The van der Waals surface area contributed by atoms with Crippen LogP contribution in [0, 0.1) is 0 Å². The summed E-state index contributed by atoms with van der Waals surface area (Å²) in [6.07, 6.45) is 0. The number of hydrogen-bond acceptors (Lipinski definition) is 8. The van der Waals surface area contributed by atoms with Crippen LogP contribution >= 0.6 is 22.7 Å². The summed E-state index contributed by atoms with van der Waals surface area (Å²) in [7, 11) is 0. The molecule has 6 heterocycles. The van der Waals surface area contributed by atoms with Crippen molar-refractivity contribution in [1.29, 1.82) is 0 Å². The molecule has 0 unspecified atom stereocenters. The summed E-state index contributed by atoms with van der Waals surface area (Å²) < 4.78 is 12.5. The van der Waals surface area contributed by atoms with E-state index in [4.69, 9.17) is 4.74 Å². The van der Waals surface area contributed by atoms with Crippen LogP contribution in [0.5, 0.6) is 11.5 Å². The lowest BCUT2D eigenvalue weighted by Gasteiger charge is -2.47. The number of thiophene rings is 2. The average molecular weight is 1310 g/mol. The molecule has 4 aliphatic rings. The van der Waals surface area contributed by atoms with Crippen molar-refractivity contribution in [3.05, 3.63) is 346 Å². The first-order chi connectivity index (χ1) is 49.6. The van der Waals surface area contributed by atoms with E-state index in [0.29, 0.717) is 0 Å². The van der Waals surface area contributed by atoms with Crippen molar-refractivity contribution in [2.24, 2.45) is 0 Å². The third-order valence-corrected chi connectivity index (χ3v) is 23.1. The second-order valence-electron chi connectivity index (χ2n) is 26.2. The van der Waals surface area contributed by atoms with Crippen LogP contribution in [0.1, 0.15) is 0 Å². The Morgan fingerprint density at radius 3 is 1.21 bits per heavy atom. The number of rotatable bonds is 10. The molecule has 0 atom stereocenters. The quantitative estimate of drug-likeness (QED) is 0.127. The zero-order valence-electron chi connectivity index (χ0n) is 54.0. The van der Waals surface area contributed by atoms with E-state index in [0.717, 1.165) is 119 Å². The van der Waals surface area contributed by atoms with Crippen LogP contribution in [0.3, 0.4) is 0 Å². The molecule has 0 bridgehead atoms. The fourth-order valence-electron chi connectivity index (χ4n) is 16.8. The first kappa shape index (κ1) is 56.8. The molecule has 21 rings (SSSR count). The summed E-state index contributed by atoms with van der Waals surface area (Å²) in [6.45, 7) is -0.479. The summed E-state index contributed by atoms with van der Waals surface area (Å²) in [5.74, 6) is 1.68. The second-order valence-corrected chi connectivity index (χ2v) is 28.4. The van der Waals surface area contributed by atoms with E-state index in [1.54, 1.807) is 0 Å². The number of para-hydroxylation sites is 7. The van der Waals surface area contributed by atoms with E-state index in [9.17, 15) is 0 Å². The Morgan fingerprint density at radius 2 is 0.650 bits per heavy atom. The van der Waals surface area contributed by atoms with Crippen molar-refractivity contribution >= 4 is 195 Å². The van der Waals surface area contributed by atoms with Crippen molar-refractivity contribution in [3.8, 4) is 22.6 Å². The van der Waals surface area contributed by atoms with Crippen molar-refractivity contribution in [2.75, 3.05) is 24.5 Å². The van der Waals surface area contributed by atoms with Crippen LogP contribution in [0.15, 0.2) is 346 Å². The third-order valence-electron chi connectivity index (χ3n) is 20.8. The number of benzene rings is 15. The van der Waals surface area contributed by atoms with Gasteiger partial charge >= 0.3 is 0 Å². The maximum atomic E-state index is 7.46. The number of hydrogen-bond donors (Lipinski definition) is 0. The second kappa shape index (κ2) is 22.6. The molecule has 6 nitrogen and oxygen atoms in total. The predicted molar refractivity (Wildman–Crippen MR) is 427 cm³/mol. The summed E-state index contributed by atoms with van der Waals surface area (Å²) in [5.41, 5.74) is 25.6. The fraction of sp³-hybridized carbons (Fsp3) is 0. The summed E-state index contributed by atoms with van der Waals surface area (Å²) in [4.78, 5) is 12.7. The van der Waals surface area contributed by atoms with E-state index in [2.05, 4.69) is 370 Å². The van der Waals surface area contributed by atoms with Gasteiger partial charge in [0.05, 0.1) is 28.4 Å². The van der Waals surface area contributed by atoms with E-state index >= 15 is 0 Å². The van der Waals surface area contributed by atoms with Crippen molar-refractivity contribution in [1.82, 2.24) is 0 Å². The first-order valence-corrected chi connectivity index (χ1v) is 35.8. The molecule has 2 aromatic heterocycles. The Morgan fingerprint density at radius 1 is 0.250 bits per heavy atom. The molecule has 0 aliphatic carbocycles. The molecule has 4 aliphatic heterocycles. The van der Waals surface area contributed by atoms with E-state index < -0.39 is 0 Å². The molecule has 0 saturated carbocycles. The largest absolute Gasteiger partial charge is 0.458 e. The average Bonchev–Trinajstić information content (AvgIpc) is 0.709. The molecule has 17 aromatic rings. The standard InChI is InChI=1S/C90H57B2N5OS2/c1-6-28-58(29-7-1)65-38-16-21-43-72(65)95-76-57-77-71(92-69-42-20-23-47-81(69)98-82-55-64(94(61-34-12-4-13-35-61)62-36-14-5-15-37-62)54-80(90(82)92)97(77)75-46-27-51-86-88(75)67-40-18-25-49-84(67)100-86)56-70(76)91-68-41-19-22-44-73(68)96(74-45-26-50-85-87(74)66-39-17-24-48-83(66)99-85)79-53-63(52-78(95)89(79)91)93(59-30-8-2-9-31-59)60-32-10-3-11-33-60/h1-57H. The number of anilines is 15. The Hall–Kier alpha value is -12.3. The molecule has 0 N–H and O–H groups in total. The van der Waals surface area contributed by atoms with Gasteiger partial charge in [-0.1, -0.05) is 212 Å². The lowest BCUT2D eigenvalue weighted by atomic mass is 9.30. The highest BCUT2D eigenvalue weighted by atomic mass is 32.1. The smallest absolute Gasteiger partial charge is 0.256 e. The monoisotopic (exact) mass is 1310 g/mol. The van der Waals surface area contributed by atoms with Gasteiger partial charge in [-0.3, -0.25) is 0 Å². The van der Waals surface area contributed by atoms with E-state index in [-0.39, 0.29) is 13.4 Å². The number of fused-ring (bicyclic) bond motifs is 14. The lowest BCUT2D eigenvalue weighted by Crippen LogP contribution is -2.64. The van der Waals surface area contributed by atoms with Gasteiger partial charge in [0, 0.05) is 109 Å². The zero-order chi connectivity index (χ0) is 65.5. The Bertz CT molecular complexity index is 6070. The van der Waals surface area contributed by atoms with Crippen LogP contribution < -0.4 is 62.0 Å². The van der Waals surface area contributed by atoms with Crippen LogP contribution in [-0.4, -0.2) is 13.4 Å².